The molecule has 2 rings (SSSR count). The molecule has 0 bridgehead atoms. The van der Waals surface area contributed by atoms with Gasteiger partial charge in [-0.1, -0.05) is 11.6 Å². The molecular formula is C13H14ClF3N2OS. The van der Waals surface area contributed by atoms with E-state index in [1.165, 1.54) is 9.80 Å². The topological polar surface area (TPSA) is 23.6 Å². The van der Waals surface area contributed by atoms with Crippen LogP contribution in [0.4, 0.5) is 13.2 Å². The monoisotopic (exact) mass is 338 g/mol. The number of rotatable bonds is 2. The lowest BCUT2D eigenvalue weighted by Gasteiger charge is -2.35. The zero-order valence-corrected chi connectivity index (χ0v) is 12.7. The number of amides is 1. The third kappa shape index (κ3) is 4.52. The van der Waals surface area contributed by atoms with Gasteiger partial charge in [-0.05, 0) is 18.2 Å². The Balaban J connectivity index is 1.99. The highest BCUT2D eigenvalue weighted by atomic mass is 35.5. The van der Waals surface area contributed by atoms with E-state index < -0.39 is 12.7 Å². The minimum atomic E-state index is -4.21. The number of thiol groups is 1. The SMILES string of the molecule is O=C(c1cc(S)ccc1Cl)N1CCN(CC(F)(F)F)CC1. The molecule has 1 aromatic rings. The van der Waals surface area contributed by atoms with Crippen molar-refractivity contribution in [3.63, 3.8) is 0 Å². The fourth-order valence-electron chi connectivity index (χ4n) is 2.21. The van der Waals surface area contributed by atoms with Crippen LogP contribution in [0.25, 0.3) is 0 Å². The zero-order valence-electron chi connectivity index (χ0n) is 11.0. The molecule has 1 fully saturated rings. The molecule has 116 valence electrons. The second-order valence-corrected chi connectivity index (χ2v) is 5.77. The van der Waals surface area contributed by atoms with Crippen LogP contribution in [-0.4, -0.2) is 54.6 Å². The average Bonchev–Trinajstić information content (AvgIpc) is 2.40. The molecule has 0 spiro atoms. The van der Waals surface area contributed by atoms with Gasteiger partial charge in [-0.15, -0.1) is 12.6 Å². The first kappa shape index (κ1) is 16.5. The molecule has 0 aliphatic carbocycles. The van der Waals surface area contributed by atoms with Gasteiger partial charge in [-0.3, -0.25) is 9.69 Å². The summed E-state index contributed by atoms with van der Waals surface area (Å²) in [6.45, 7) is -0.0428. The normalized spacial score (nSPS) is 17.1. The van der Waals surface area contributed by atoms with Gasteiger partial charge in [-0.25, -0.2) is 0 Å². The molecule has 1 aromatic carbocycles. The number of hydrogen-bond acceptors (Lipinski definition) is 3. The molecule has 0 saturated carbocycles. The van der Waals surface area contributed by atoms with Gasteiger partial charge in [0.05, 0.1) is 17.1 Å². The number of piperazine rings is 1. The summed E-state index contributed by atoms with van der Waals surface area (Å²) in [6.07, 6.45) is -4.21. The van der Waals surface area contributed by atoms with Crippen molar-refractivity contribution in [3.05, 3.63) is 28.8 Å². The minimum Gasteiger partial charge on any atom is -0.336 e. The van der Waals surface area contributed by atoms with Crippen molar-refractivity contribution in [1.29, 1.82) is 0 Å². The summed E-state index contributed by atoms with van der Waals surface area (Å²) < 4.78 is 36.9. The van der Waals surface area contributed by atoms with E-state index in [4.69, 9.17) is 11.6 Å². The number of benzene rings is 1. The van der Waals surface area contributed by atoms with Crippen LogP contribution < -0.4 is 0 Å². The van der Waals surface area contributed by atoms with E-state index in [1.807, 2.05) is 0 Å². The smallest absolute Gasteiger partial charge is 0.336 e. The molecule has 1 aliphatic heterocycles. The van der Waals surface area contributed by atoms with Gasteiger partial charge in [0, 0.05) is 31.1 Å². The molecule has 0 N–H and O–H groups in total. The molecule has 1 heterocycles. The lowest BCUT2D eigenvalue weighted by molar-refractivity contribution is -0.148. The van der Waals surface area contributed by atoms with Crippen LogP contribution in [0.1, 0.15) is 10.4 Å². The van der Waals surface area contributed by atoms with Gasteiger partial charge in [-0.2, -0.15) is 13.2 Å². The molecule has 8 heteroatoms. The van der Waals surface area contributed by atoms with Crippen LogP contribution in [0.3, 0.4) is 0 Å². The van der Waals surface area contributed by atoms with Crippen LogP contribution in [-0.2, 0) is 0 Å². The number of carbonyl (C=O) groups is 1. The predicted molar refractivity (Wildman–Crippen MR) is 77.1 cm³/mol. The summed E-state index contributed by atoms with van der Waals surface area (Å²) in [5, 5.41) is 0.315. The van der Waals surface area contributed by atoms with Crippen LogP contribution in [0.15, 0.2) is 23.1 Å². The number of carbonyl (C=O) groups excluding carboxylic acids is 1. The molecule has 1 amide bonds. The molecule has 0 atom stereocenters. The molecular weight excluding hydrogens is 325 g/mol. The molecule has 1 aliphatic rings. The largest absolute Gasteiger partial charge is 0.401 e. The predicted octanol–water partition coefficient (Wildman–Crippen LogP) is 2.95. The van der Waals surface area contributed by atoms with E-state index >= 15 is 0 Å². The van der Waals surface area contributed by atoms with Crippen LogP contribution in [0, 0.1) is 0 Å². The van der Waals surface area contributed by atoms with E-state index in [-0.39, 0.29) is 32.1 Å². The van der Waals surface area contributed by atoms with Crippen molar-refractivity contribution in [2.45, 2.75) is 11.1 Å². The van der Waals surface area contributed by atoms with E-state index in [0.29, 0.717) is 15.5 Å². The van der Waals surface area contributed by atoms with Crippen molar-refractivity contribution in [1.82, 2.24) is 9.80 Å². The number of nitrogens with zero attached hydrogens (tertiary/aromatic N) is 2. The van der Waals surface area contributed by atoms with E-state index in [2.05, 4.69) is 12.6 Å². The second-order valence-electron chi connectivity index (χ2n) is 4.85. The first-order valence-electron chi connectivity index (χ1n) is 6.33. The van der Waals surface area contributed by atoms with E-state index in [0.717, 1.165) is 0 Å². The lowest BCUT2D eigenvalue weighted by Crippen LogP contribution is -2.50. The molecule has 0 aromatic heterocycles. The first-order valence-corrected chi connectivity index (χ1v) is 7.16. The van der Waals surface area contributed by atoms with Gasteiger partial charge < -0.3 is 4.90 Å². The van der Waals surface area contributed by atoms with Crippen molar-refractivity contribution in [3.8, 4) is 0 Å². The van der Waals surface area contributed by atoms with Crippen LogP contribution >= 0.6 is 24.2 Å². The Labute approximate surface area is 131 Å². The maximum Gasteiger partial charge on any atom is 0.401 e. The average molecular weight is 339 g/mol. The highest BCUT2D eigenvalue weighted by molar-refractivity contribution is 7.80. The molecule has 0 unspecified atom stereocenters. The Kier molecular flexibility index (Phi) is 5.06. The quantitative estimate of drug-likeness (QED) is 0.838. The summed E-state index contributed by atoms with van der Waals surface area (Å²) in [5.74, 6) is -0.275. The second kappa shape index (κ2) is 6.46. The van der Waals surface area contributed by atoms with Gasteiger partial charge in [0.2, 0.25) is 0 Å². The lowest BCUT2D eigenvalue weighted by atomic mass is 10.1. The fraction of sp³-hybridized carbons (Fsp3) is 0.462. The molecule has 1 saturated heterocycles. The molecule has 21 heavy (non-hydrogen) atoms. The molecule has 3 nitrogen and oxygen atoms in total. The van der Waals surface area contributed by atoms with Crippen LogP contribution in [0.2, 0.25) is 5.02 Å². The fourth-order valence-corrected chi connectivity index (χ4v) is 2.61. The minimum absolute atomic E-state index is 0.198. The maximum atomic E-state index is 12.3. The van der Waals surface area contributed by atoms with Crippen molar-refractivity contribution in [2.75, 3.05) is 32.7 Å². The van der Waals surface area contributed by atoms with Crippen LogP contribution in [0.5, 0.6) is 0 Å². The van der Waals surface area contributed by atoms with Crippen molar-refractivity contribution in [2.24, 2.45) is 0 Å². The van der Waals surface area contributed by atoms with Crippen molar-refractivity contribution >= 4 is 30.1 Å². The Hall–Kier alpha value is -0.920. The van der Waals surface area contributed by atoms with Gasteiger partial charge in [0.1, 0.15) is 0 Å². The summed E-state index contributed by atoms with van der Waals surface area (Å²) in [4.78, 5) is 15.7. The third-order valence-electron chi connectivity index (χ3n) is 3.24. The summed E-state index contributed by atoms with van der Waals surface area (Å²) >= 11 is 10.1. The third-order valence-corrected chi connectivity index (χ3v) is 3.85. The standard InChI is InChI=1S/C13H14ClF3N2OS/c14-11-2-1-9(21)7-10(11)12(20)19-5-3-18(4-6-19)8-13(15,16)17/h1-2,7,21H,3-6,8H2. The number of hydrogen-bond donors (Lipinski definition) is 1. The summed E-state index contributed by atoms with van der Waals surface area (Å²) in [6, 6.07) is 4.82. The van der Waals surface area contributed by atoms with Gasteiger partial charge in [0.15, 0.2) is 0 Å². The Morgan fingerprint density at radius 3 is 2.43 bits per heavy atom. The highest BCUT2D eigenvalue weighted by Gasteiger charge is 2.33. The summed E-state index contributed by atoms with van der Waals surface area (Å²) in [5.41, 5.74) is 0.327. The van der Waals surface area contributed by atoms with E-state index in [1.54, 1.807) is 18.2 Å². The van der Waals surface area contributed by atoms with Crippen molar-refractivity contribution < 1.29 is 18.0 Å². The van der Waals surface area contributed by atoms with Gasteiger partial charge in [0.25, 0.3) is 5.91 Å². The Morgan fingerprint density at radius 1 is 1.24 bits per heavy atom. The Morgan fingerprint density at radius 2 is 1.86 bits per heavy atom. The summed E-state index contributed by atoms with van der Waals surface area (Å²) in [7, 11) is 0. The molecule has 0 radical (unpaired) electrons. The number of alkyl halides is 3. The van der Waals surface area contributed by atoms with E-state index in [9.17, 15) is 18.0 Å². The first-order chi connectivity index (χ1) is 9.76. The number of halogens is 4. The highest BCUT2D eigenvalue weighted by Crippen LogP contribution is 2.22. The maximum absolute atomic E-state index is 12.3. The Bertz CT molecular complexity index is 531. The zero-order chi connectivity index (χ0) is 15.6. The van der Waals surface area contributed by atoms with Gasteiger partial charge >= 0.3 is 6.18 Å².